The van der Waals surface area contributed by atoms with Crippen molar-refractivity contribution >= 4 is 46.2 Å². The van der Waals surface area contributed by atoms with E-state index in [1.807, 2.05) is 30.3 Å². The average molecular weight is 316 g/mol. The molecule has 1 fully saturated rings. The van der Waals surface area contributed by atoms with Gasteiger partial charge >= 0.3 is 0 Å². The van der Waals surface area contributed by atoms with E-state index in [2.05, 4.69) is 15.3 Å². The Bertz CT molecular complexity index is 744. The number of carbonyl (C=O) groups is 1. The molecule has 1 aromatic carbocycles. The number of hydrogen-bond acceptors (Lipinski definition) is 4. The first-order valence-corrected chi connectivity index (χ1v) is 7.35. The van der Waals surface area contributed by atoms with Crippen LogP contribution in [0.2, 0.25) is 5.02 Å². The molecule has 1 amide bonds. The summed E-state index contributed by atoms with van der Waals surface area (Å²) in [7, 11) is 0. The van der Waals surface area contributed by atoms with Gasteiger partial charge in [-0.1, -0.05) is 17.7 Å². The van der Waals surface area contributed by atoms with Crippen LogP contribution >= 0.6 is 23.4 Å². The first kappa shape index (κ1) is 13.9. The molecule has 1 aliphatic rings. The van der Waals surface area contributed by atoms with Crippen LogP contribution in [-0.4, -0.2) is 16.1 Å². The second kappa shape index (κ2) is 6.11. The minimum absolute atomic E-state index is 0.155. The third-order valence-corrected chi connectivity index (χ3v) is 3.84. The van der Waals surface area contributed by atoms with Crippen LogP contribution in [0.25, 0.3) is 6.08 Å². The Morgan fingerprint density at radius 1 is 1.24 bits per heavy atom. The van der Waals surface area contributed by atoms with E-state index in [9.17, 15) is 4.79 Å². The van der Waals surface area contributed by atoms with E-state index in [0.29, 0.717) is 20.8 Å². The van der Waals surface area contributed by atoms with E-state index in [1.54, 1.807) is 24.5 Å². The number of carbonyl (C=O) groups excluding carboxylic acids is 1. The van der Waals surface area contributed by atoms with E-state index in [-0.39, 0.29) is 5.91 Å². The number of halogens is 1. The number of aromatic nitrogens is 1. The van der Waals surface area contributed by atoms with Crippen molar-refractivity contribution in [3.63, 3.8) is 0 Å². The van der Waals surface area contributed by atoms with Gasteiger partial charge in [-0.3, -0.25) is 9.78 Å². The summed E-state index contributed by atoms with van der Waals surface area (Å²) in [4.78, 5) is 20.8. The highest BCUT2D eigenvalue weighted by Crippen LogP contribution is 2.28. The standard InChI is InChI=1S/C15H10ClN3OS/c16-11-2-1-3-12(9-11)18-15-19-14(20)13(21-15)8-10-4-6-17-7-5-10/h1-9H,(H,18,19,20). The Morgan fingerprint density at radius 2 is 2.05 bits per heavy atom. The minimum Gasteiger partial charge on any atom is -0.300 e. The summed E-state index contributed by atoms with van der Waals surface area (Å²) in [6.45, 7) is 0. The third kappa shape index (κ3) is 3.51. The van der Waals surface area contributed by atoms with Gasteiger partial charge in [0.2, 0.25) is 0 Å². The lowest BCUT2D eigenvalue weighted by molar-refractivity contribution is -0.115. The number of thioether (sulfide) groups is 1. The van der Waals surface area contributed by atoms with Crippen LogP contribution in [0, 0.1) is 0 Å². The fourth-order valence-corrected chi connectivity index (χ4v) is 2.78. The van der Waals surface area contributed by atoms with E-state index in [0.717, 1.165) is 5.56 Å². The SMILES string of the molecule is O=C1NC(=Nc2cccc(Cl)c2)SC1=Cc1ccncc1. The molecule has 0 saturated carbocycles. The van der Waals surface area contributed by atoms with Crippen molar-refractivity contribution < 1.29 is 4.79 Å². The average Bonchev–Trinajstić information content (AvgIpc) is 2.80. The molecule has 0 unspecified atom stereocenters. The van der Waals surface area contributed by atoms with Crippen LogP contribution in [0.5, 0.6) is 0 Å². The minimum atomic E-state index is -0.155. The van der Waals surface area contributed by atoms with Gasteiger partial charge < -0.3 is 5.32 Å². The van der Waals surface area contributed by atoms with Gasteiger partial charge in [-0.2, -0.15) is 0 Å². The molecule has 104 valence electrons. The highest BCUT2D eigenvalue weighted by atomic mass is 35.5. The Morgan fingerprint density at radius 3 is 2.81 bits per heavy atom. The lowest BCUT2D eigenvalue weighted by Crippen LogP contribution is -2.19. The van der Waals surface area contributed by atoms with Gasteiger partial charge in [-0.15, -0.1) is 0 Å². The number of rotatable bonds is 2. The summed E-state index contributed by atoms with van der Waals surface area (Å²) in [5.41, 5.74) is 1.63. The maximum atomic E-state index is 11.9. The van der Waals surface area contributed by atoms with Gasteiger partial charge in [0.1, 0.15) is 0 Å². The Balaban J connectivity index is 1.83. The maximum Gasteiger partial charge on any atom is 0.264 e. The number of hydrogen-bond donors (Lipinski definition) is 1. The Labute approximate surface area is 131 Å². The predicted octanol–water partition coefficient (Wildman–Crippen LogP) is 3.63. The fraction of sp³-hybridized carbons (Fsp3) is 0. The molecular weight excluding hydrogens is 306 g/mol. The number of aliphatic imine (C=N–C) groups is 1. The number of amides is 1. The summed E-state index contributed by atoms with van der Waals surface area (Å²) in [6.07, 6.45) is 5.18. The molecule has 1 aromatic heterocycles. The van der Waals surface area contributed by atoms with E-state index < -0.39 is 0 Å². The lowest BCUT2D eigenvalue weighted by Gasteiger charge is -1.96. The van der Waals surface area contributed by atoms with Crippen molar-refractivity contribution in [3.8, 4) is 0 Å². The van der Waals surface area contributed by atoms with E-state index in [1.165, 1.54) is 11.8 Å². The van der Waals surface area contributed by atoms with E-state index in [4.69, 9.17) is 11.6 Å². The van der Waals surface area contributed by atoms with Crippen LogP contribution in [-0.2, 0) is 4.79 Å². The Kier molecular flexibility index (Phi) is 4.03. The predicted molar refractivity (Wildman–Crippen MR) is 86.5 cm³/mol. The van der Waals surface area contributed by atoms with Crippen LogP contribution in [0.4, 0.5) is 5.69 Å². The molecule has 0 spiro atoms. The molecule has 3 rings (SSSR count). The highest BCUT2D eigenvalue weighted by Gasteiger charge is 2.23. The van der Waals surface area contributed by atoms with Gasteiger partial charge in [-0.25, -0.2) is 4.99 Å². The number of nitrogens with zero attached hydrogens (tertiary/aromatic N) is 2. The number of nitrogens with one attached hydrogen (secondary N) is 1. The quantitative estimate of drug-likeness (QED) is 0.861. The molecule has 1 N–H and O–H groups in total. The van der Waals surface area contributed by atoms with Crippen molar-refractivity contribution in [1.29, 1.82) is 0 Å². The van der Waals surface area contributed by atoms with Gasteiger partial charge in [0.15, 0.2) is 5.17 Å². The van der Waals surface area contributed by atoms with Gasteiger partial charge in [0, 0.05) is 17.4 Å². The van der Waals surface area contributed by atoms with Crippen molar-refractivity contribution in [2.75, 3.05) is 0 Å². The molecular formula is C15H10ClN3OS. The number of amidine groups is 1. The number of pyridine rings is 1. The summed E-state index contributed by atoms with van der Waals surface area (Å²) in [5, 5.41) is 3.89. The van der Waals surface area contributed by atoms with Crippen molar-refractivity contribution in [2.45, 2.75) is 0 Å². The zero-order valence-electron chi connectivity index (χ0n) is 10.8. The number of benzene rings is 1. The molecule has 4 nitrogen and oxygen atoms in total. The molecule has 0 atom stereocenters. The lowest BCUT2D eigenvalue weighted by atomic mass is 10.2. The molecule has 2 aromatic rings. The van der Waals surface area contributed by atoms with Crippen molar-refractivity contribution in [1.82, 2.24) is 10.3 Å². The molecule has 6 heteroatoms. The van der Waals surface area contributed by atoms with Crippen molar-refractivity contribution in [2.24, 2.45) is 4.99 Å². The molecule has 2 heterocycles. The topological polar surface area (TPSA) is 54.4 Å². The normalized spacial score (nSPS) is 18.2. The molecule has 0 aliphatic carbocycles. The molecule has 1 saturated heterocycles. The largest absolute Gasteiger partial charge is 0.300 e. The second-order valence-electron chi connectivity index (χ2n) is 4.24. The smallest absolute Gasteiger partial charge is 0.264 e. The van der Waals surface area contributed by atoms with E-state index >= 15 is 0 Å². The molecule has 21 heavy (non-hydrogen) atoms. The highest BCUT2D eigenvalue weighted by molar-refractivity contribution is 8.18. The first-order valence-electron chi connectivity index (χ1n) is 6.16. The second-order valence-corrected chi connectivity index (χ2v) is 5.71. The Hall–Kier alpha value is -2.11. The summed E-state index contributed by atoms with van der Waals surface area (Å²) in [5.74, 6) is -0.155. The maximum absolute atomic E-state index is 11.9. The first-order chi connectivity index (χ1) is 10.2. The summed E-state index contributed by atoms with van der Waals surface area (Å²) < 4.78 is 0. The van der Waals surface area contributed by atoms with Crippen LogP contribution in [0.3, 0.4) is 0 Å². The van der Waals surface area contributed by atoms with Gasteiger partial charge in [0.25, 0.3) is 5.91 Å². The van der Waals surface area contributed by atoms with Crippen LogP contribution in [0.15, 0.2) is 58.7 Å². The molecule has 0 radical (unpaired) electrons. The zero-order chi connectivity index (χ0) is 14.7. The van der Waals surface area contributed by atoms with Crippen LogP contribution < -0.4 is 5.32 Å². The summed E-state index contributed by atoms with van der Waals surface area (Å²) >= 11 is 7.22. The third-order valence-electron chi connectivity index (χ3n) is 2.69. The summed E-state index contributed by atoms with van der Waals surface area (Å²) in [6, 6.07) is 10.8. The van der Waals surface area contributed by atoms with Crippen molar-refractivity contribution in [3.05, 3.63) is 64.3 Å². The van der Waals surface area contributed by atoms with Gasteiger partial charge in [0.05, 0.1) is 10.6 Å². The molecule has 1 aliphatic heterocycles. The monoisotopic (exact) mass is 315 g/mol. The van der Waals surface area contributed by atoms with Crippen LogP contribution in [0.1, 0.15) is 5.56 Å². The molecule has 0 bridgehead atoms. The van der Waals surface area contributed by atoms with Gasteiger partial charge in [-0.05, 0) is 53.7 Å². The zero-order valence-corrected chi connectivity index (χ0v) is 12.4. The fourth-order valence-electron chi connectivity index (χ4n) is 1.75.